The number of para-hydroxylation sites is 1. The summed E-state index contributed by atoms with van der Waals surface area (Å²) in [6.07, 6.45) is -0.305. The molecule has 0 spiro atoms. The van der Waals surface area contributed by atoms with Gasteiger partial charge in [0.15, 0.2) is 11.0 Å². The average molecular weight is 396 g/mol. The van der Waals surface area contributed by atoms with E-state index in [0.717, 1.165) is 16.1 Å². The zero-order valence-electron chi connectivity index (χ0n) is 15.4. The Balaban J connectivity index is 1.44. The summed E-state index contributed by atoms with van der Waals surface area (Å²) in [6.45, 7) is 1.90. The number of fused-ring (bicyclic) bond motifs is 3. The predicted octanol–water partition coefficient (Wildman–Crippen LogP) is 2.86. The molecule has 2 heterocycles. The van der Waals surface area contributed by atoms with E-state index in [1.54, 1.807) is 6.92 Å². The largest absolute Gasteiger partial charge is 0.450 e. The number of carbonyl (C=O) groups excluding carboxylic acids is 3. The molecule has 28 heavy (non-hydrogen) atoms. The number of nitrogens with one attached hydrogen (secondary N) is 1. The molecular formula is C21H20N2O4S. The monoisotopic (exact) mass is 396 g/mol. The molecule has 2 aromatic rings. The lowest BCUT2D eigenvalue weighted by Gasteiger charge is -2.29. The van der Waals surface area contributed by atoms with Crippen LogP contribution in [0.1, 0.15) is 25.3 Å². The van der Waals surface area contributed by atoms with Crippen molar-refractivity contribution >= 4 is 35.2 Å². The number of amides is 2. The van der Waals surface area contributed by atoms with Gasteiger partial charge in [-0.1, -0.05) is 54.2 Å². The van der Waals surface area contributed by atoms with Crippen LogP contribution in [0, 0.1) is 0 Å². The Kier molecular flexibility index (Phi) is 4.85. The molecule has 0 unspecified atom stereocenters. The molecule has 1 fully saturated rings. The number of rotatable bonds is 5. The molecule has 2 aliphatic rings. The van der Waals surface area contributed by atoms with Crippen molar-refractivity contribution in [3.05, 3.63) is 60.2 Å². The summed E-state index contributed by atoms with van der Waals surface area (Å²) < 4.78 is 5.50. The van der Waals surface area contributed by atoms with Crippen LogP contribution in [0.2, 0.25) is 0 Å². The number of hydrogen-bond donors (Lipinski definition) is 1. The van der Waals surface area contributed by atoms with Crippen molar-refractivity contribution in [2.75, 3.05) is 4.90 Å². The molecule has 4 rings (SSSR count). The smallest absolute Gasteiger partial charge is 0.344 e. The van der Waals surface area contributed by atoms with E-state index in [-0.39, 0.29) is 18.2 Å². The minimum absolute atomic E-state index is 0.101. The second kappa shape index (κ2) is 7.31. The van der Waals surface area contributed by atoms with Crippen LogP contribution in [0.4, 0.5) is 5.69 Å². The molecule has 0 bridgehead atoms. The normalized spacial score (nSPS) is 21.0. The lowest BCUT2D eigenvalue weighted by molar-refractivity contribution is -0.157. The van der Waals surface area contributed by atoms with Crippen molar-refractivity contribution in [1.82, 2.24) is 5.32 Å². The molecular weight excluding hydrogens is 376 g/mol. The van der Waals surface area contributed by atoms with Gasteiger partial charge in [0.1, 0.15) is 0 Å². The van der Waals surface area contributed by atoms with E-state index in [1.165, 1.54) is 16.7 Å². The van der Waals surface area contributed by atoms with Gasteiger partial charge in [-0.25, -0.2) is 4.79 Å². The van der Waals surface area contributed by atoms with Gasteiger partial charge in [0.2, 0.25) is 5.91 Å². The quantitative estimate of drug-likeness (QED) is 0.787. The first-order valence-electron chi connectivity index (χ1n) is 9.15. The Morgan fingerprint density at radius 1 is 1.18 bits per heavy atom. The van der Waals surface area contributed by atoms with Crippen molar-refractivity contribution < 1.29 is 19.1 Å². The van der Waals surface area contributed by atoms with Crippen LogP contribution in [0.25, 0.3) is 0 Å². The number of nitrogens with zero attached hydrogens (tertiary/aromatic N) is 1. The van der Waals surface area contributed by atoms with Gasteiger partial charge >= 0.3 is 5.97 Å². The van der Waals surface area contributed by atoms with Gasteiger partial charge in [-0.05, 0) is 24.6 Å². The van der Waals surface area contributed by atoms with Crippen LogP contribution >= 0.6 is 11.8 Å². The third-order valence-electron chi connectivity index (χ3n) is 4.95. The Morgan fingerprint density at radius 3 is 2.68 bits per heavy atom. The topological polar surface area (TPSA) is 75.7 Å². The minimum atomic E-state index is -1.12. The minimum Gasteiger partial charge on any atom is -0.450 e. The van der Waals surface area contributed by atoms with Crippen molar-refractivity contribution in [3.8, 4) is 0 Å². The SMILES string of the molecule is C[C@@H](OC(=O)[C@@]12CCC(=O)N1c1ccccc1S2)C(=O)NCc1ccccc1. The maximum Gasteiger partial charge on any atom is 0.344 e. The van der Waals surface area contributed by atoms with Gasteiger partial charge in [0, 0.05) is 24.3 Å². The van der Waals surface area contributed by atoms with Crippen molar-refractivity contribution in [2.45, 2.75) is 42.2 Å². The van der Waals surface area contributed by atoms with Gasteiger partial charge in [-0.3, -0.25) is 14.5 Å². The number of benzene rings is 2. The molecule has 6 nitrogen and oxygen atoms in total. The van der Waals surface area contributed by atoms with Crippen LogP contribution in [0.3, 0.4) is 0 Å². The summed E-state index contributed by atoms with van der Waals surface area (Å²) in [5.41, 5.74) is 1.69. The van der Waals surface area contributed by atoms with E-state index >= 15 is 0 Å². The van der Waals surface area contributed by atoms with Crippen LogP contribution in [-0.2, 0) is 25.7 Å². The molecule has 2 amide bonds. The Hall–Kier alpha value is -2.80. The summed E-state index contributed by atoms with van der Waals surface area (Å²) in [5, 5.41) is 2.77. The summed E-state index contributed by atoms with van der Waals surface area (Å²) in [5.74, 6) is -1.03. The van der Waals surface area contributed by atoms with E-state index in [9.17, 15) is 14.4 Å². The van der Waals surface area contributed by atoms with Crippen LogP contribution in [0.15, 0.2) is 59.5 Å². The summed E-state index contributed by atoms with van der Waals surface area (Å²) in [4.78, 5) is 39.1. The first-order chi connectivity index (χ1) is 13.5. The van der Waals surface area contributed by atoms with Crippen molar-refractivity contribution in [2.24, 2.45) is 0 Å². The summed E-state index contributed by atoms with van der Waals surface area (Å²) >= 11 is 1.33. The Morgan fingerprint density at radius 2 is 1.89 bits per heavy atom. The fourth-order valence-corrected chi connectivity index (χ4v) is 4.91. The van der Waals surface area contributed by atoms with Crippen molar-refractivity contribution in [3.63, 3.8) is 0 Å². The highest BCUT2D eigenvalue weighted by atomic mass is 32.2. The predicted molar refractivity (Wildman–Crippen MR) is 106 cm³/mol. The highest BCUT2D eigenvalue weighted by Crippen LogP contribution is 2.56. The van der Waals surface area contributed by atoms with Crippen LogP contribution in [-0.4, -0.2) is 28.8 Å². The molecule has 0 aliphatic carbocycles. The highest BCUT2D eigenvalue weighted by Gasteiger charge is 2.58. The lowest BCUT2D eigenvalue weighted by atomic mass is 10.2. The molecule has 0 aromatic heterocycles. The van der Waals surface area contributed by atoms with Crippen LogP contribution in [0.5, 0.6) is 0 Å². The van der Waals surface area contributed by atoms with Gasteiger partial charge in [0.25, 0.3) is 5.91 Å². The number of ether oxygens (including phenoxy) is 1. The van der Waals surface area contributed by atoms with E-state index in [4.69, 9.17) is 4.74 Å². The second-order valence-corrected chi connectivity index (χ2v) is 8.15. The van der Waals surface area contributed by atoms with Crippen LogP contribution < -0.4 is 10.2 Å². The van der Waals surface area contributed by atoms with E-state index < -0.39 is 16.9 Å². The molecule has 0 saturated carbocycles. The molecule has 1 N–H and O–H groups in total. The number of hydrogen-bond acceptors (Lipinski definition) is 5. The Labute approximate surface area is 167 Å². The van der Waals surface area contributed by atoms with Gasteiger partial charge in [-0.2, -0.15) is 0 Å². The third kappa shape index (κ3) is 3.16. The highest BCUT2D eigenvalue weighted by molar-refractivity contribution is 8.02. The van der Waals surface area contributed by atoms with Crippen molar-refractivity contribution in [1.29, 1.82) is 0 Å². The maximum atomic E-state index is 13.0. The molecule has 144 valence electrons. The standard InChI is InChI=1S/C21H20N2O4S/c1-14(19(25)22-13-15-7-3-2-4-8-15)27-20(26)21-12-11-18(24)23(21)16-9-5-6-10-17(16)28-21/h2-10,14H,11-13H2,1H3,(H,22,25)/t14-,21+/m1/s1. The number of anilines is 1. The molecule has 2 aromatic carbocycles. The van der Waals surface area contributed by atoms with Gasteiger partial charge < -0.3 is 10.1 Å². The summed E-state index contributed by atoms with van der Waals surface area (Å²) in [7, 11) is 0. The molecule has 7 heteroatoms. The summed E-state index contributed by atoms with van der Waals surface area (Å²) in [6, 6.07) is 16.9. The average Bonchev–Trinajstić information content (AvgIpc) is 3.22. The maximum absolute atomic E-state index is 13.0. The van der Waals surface area contributed by atoms with E-state index in [0.29, 0.717) is 13.0 Å². The van der Waals surface area contributed by atoms with E-state index in [2.05, 4.69) is 5.32 Å². The second-order valence-electron chi connectivity index (χ2n) is 6.83. The Bertz CT molecular complexity index is 933. The first kappa shape index (κ1) is 18.6. The van der Waals surface area contributed by atoms with E-state index in [1.807, 2.05) is 54.6 Å². The molecule has 2 aliphatic heterocycles. The first-order valence-corrected chi connectivity index (χ1v) is 9.97. The fraction of sp³-hybridized carbons (Fsp3) is 0.286. The third-order valence-corrected chi connectivity index (χ3v) is 6.41. The zero-order chi connectivity index (χ0) is 19.7. The number of esters is 1. The lowest BCUT2D eigenvalue weighted by Crippen LogP contribution is -2.50. The zero-order valence-corrected chi connectivity index (χ0v) is 16.2. The van der Waals surface area contributed by atoms with Gasteiger partial charge in [0.05, 0.1) is 5.69 Å². The van der Waals surface area contributed by atoms with Gasteiger partial charge in [-0.15, -0.1) is 0 Å². The molecule has 2 atom stereocenters. The number of thioether (sulfide) groups is 1. The number of carbonyl (C=O) groups is 3. The molecule has 0 radical (unpaired) electrons. The molecule has 1 saturated heterocycles. The fourth-order valence-electron chi connectivity index (χ4n) is 3.51.